The monoisotopic (exact) mass is 333 g/mol. The lowest BCUT2D eigenvalue weighted by molar-refractivity contribution is 0.0543. The first-order valence-corrected chi connectivity index (χ1v) is 7.55. The van der Waals surface area contributed by atoms with Crippen molar-refractivity contribution in [1.29, 1.82) is 0 Å². The highest BCUT2D eigenvalue weighted by molar-refractivity contribution is 9.10. The molecule has 0 bridgehead atoms. The number of hydrogen-bond donors (Lipinski definition) is 2. The molecule has 2 atom stereocenters. The summed E-state index contributed by atoms with van der Waals surface area (Å²) in [5.74, 6) is 0. The summed E-state index contributed by atoms with van der Waals surface area (Å²) in [6.45, 7) is 4.45. The first kappa shape index (κ1) is 15.2. The van der Waals surface area contributed by atoms with Crippen LogP contribution in [0.4, 0.5) is 0 Å². The molecule has 0 saturated carbocycles. The maximum absolute atomic E-state index is 10.6. The van der Waals surface area contributed by atoms with Crippen molar-refractivity contribution < 1.29 is 5.11 Å². The highest BCUT2D eigenvalue weighted by Crippen LogP contribution is 2.21. The Morgan fingerprint density at radius 2 is 1.70 bits per heavy atom. The van der Waals surface area contributed by atoms with Gasteiger partial charge in [-0.25, -0.2) is 0 Å². The fourth-order valence-electron chi connectivity index (χ4n) is 2.12. The van der Waals surface area contributed by atoms with E-state index in [0.717, 1.165) is 10.0 Å². The third-order valence-corrected chi connectivity index (χ3v) is 4.05. The van der Waals surface area contributed by atoms with Crippen molar-refractivity contribution in [2.45, 2.75) is 25.5 Å². The summed E-state index contributed by atoms with van der Waals surface area (Å²) >= 11 is 3.44. The molecule has 2 N–H and O–H groups in total. The van der Waals surface area contributed by atoms with Crippen molar-refractivity contribution in [3.05, 3.63) is 70.2 Å². The molecule has 0 aliphatic heterocycles. The molecule has 0 amide bonds. The zero-order valence-electron chi connectivity index (χ0n) is 11.8. The summed E-state index contributed by atoms with van der Waals surface area (Å²) in [7, 11) is 0. The molecule has 2 aromatic carbocycles. The molecule has 2 nitrogen and oxygen atoms in total. The van der Waals surface area contributed by atoms with Gasteiger partial charge >= 0.3 is 0 Å². The molecule has 3 heteroatoms. The Balaban J connectivity index is 1.99. The molecule has 0 spiro atoms. The average Bonchev–Trinajstić information content (AvgIpc) is 2.46. The second-order valence-corrected chi connectivity index (χ2v) is 6.21. The van der Waals surface area contributed by atoms with E-state index >= 15 is 0 Å². The Morgan fingerprint density at radius 3 is 2.30 bits per heavy atom. The first-order chi connectivity index (χ1) is 9.49. The Labute approximate surface area is 129 Å². The Hall–Kier alpha value is -1.16. The molecule has 106 valence electrons. The molecule has 0 radical (unpaired) electrons. The second kappa shape index (κ2) is 6.53. The minimum absolute atomic E-state index is 0.193. The van der Waals surface area contributed by atoms with Crippen LogP contribution >= 0.6 is 15.9 Å². The Kier molecular flexibility index (Phi) is 4.97. The molecule has 2 aromatic rings. The van der Waals surface area contributed by atoms with E-state index in [2.05, 4.69) is 40.3 Å². The minimum Gasteiger partial charge on any atom is -0.384 e. The van der Waals surface area contributed by atoms with E-state index in [4.69, 9.17) is 0 Å². The van der Waals surface area contributed by atoms with Crippen LogP contribution in [0, 0.1) is 0 Å². The van der Waals surface area contributed by atoms with Gasteiger partial charge in [-0.05, 0) is 37.1 Å². The number of nitrogens with one attached hydrogen (secondary N) is 1. The van der Waals surface area contributed by atoms with Crippen LogP contribution in [0.1, 0.15) is 31.0 Å². The van der Waals surface area contributed by atoms with Crippen molar-refractivity contribution in [3.63, 3.8) is 0 Å². The third-order valence-electron chi connectivity index (χ3n) is 3.52. The predicted octanol–water partition coefficient (Wildman–Crippen LogP) is 4.01. The van der Waals surface area contributed by atoms with Crippen molar-refractivity contribution in [1.82, 2.24) is 5.32 Å². The van der Waals surface area contributed by atoms with Crippen LogP contribution in [0.15, 0.2) is 59.1 Å². The van der Waals surface area contributed by atoms with E-state index in [-0.39, 0.29) is 6.04 Å². The van der Waals surface area contributed by atoms with E-state index in [1.165, 1.54) is 5.56 Å². The van der Waals surface area contributed by atoms with E-state index in [1.807, 2.05) is 49.4 Å². The summed E-state index contributed by atoms with van der Waals surface area (Å²) in [6.07, 6.45) is 0. The Morgan fingerprint density at radius 1 is 1.10 bits per heavy atom. The minimum atomic E-state index is -0.870. The van der Waals surface area contributed by atoms with Gasteiger partial charge in [0.15, 0.2) is 0 Å². The molecule has 0 aromatic heterocycles. The van der Waals surface area contributed by atoms with Crippen LogP contribution < -0.4 is 5.32 Å². The molecule has 0 saturated heterocycles. The van der Waals surface area contributed by atoms with Crippen LogP contribution in [0.5, 0.6) is 0 Å². The van der Waals surface area contributed by atoms with Gasteiger partial charge in [-0.3, -0.25) is 0 Å². The fraction of sp³-hybridized carbons (Fsp3) is 0.294. The number of rotatable bonds is 5. The number of aliphatic hydroxyl groups is 1. The van der Waals surface area contributed by atoms with Crippen LogP contribution in [-0.4, -0.2) is 11.7 Å². The lowest BCUT2D eigenvalue weighted by atomic mass is 9.95. The SMILES string of the molecule is C[C@H](NCC(C)(O)c1ccccc1)c1ccc(Br)cc1. The van der Waals surface area contributed by atoms with Crippen LogP contribution in [-0.2, 0) is 5.60 Å². The van der Waals surface area contributed by atoms with Gasteiger partial charge < -0.3 is 10.4 Å². The number of benzene rings is 2. The van der Waals surface area contributed by atoms with Gasteiger partial charge in [0.1, 0.15) is 0 Å². The van der Waals surface area contributed by atoms with Crippen molar-refractivity contribution in [2.24, 2.45) is 0 Å². The second-order valence-electron chi connectivity index (χ2n) is 5.29. The lowest BCUT2D eigenvalue weighted by Gasteiger charge is -2.26. The summed E-state index contributed by atoms with van der Waals surface area (Å²) in [4.78, 5) is 0. The molecule has 20 heavy (non-hydrogen) atoms. The largest absolute Gasteiger partial charge is 0.384 e. The highest BCUT2D eigenvalue weighted by atomic mass is 79.9. The maximum atomic E-state index is 10.6. The van der Waals surface area contributed by atoms with E-state index in [1.54, 1.807) is 0 Å². The van der Waals surface area contributed by atoms with Crippen LogP contribution in [0.3, 0.4) is 0 Å². The summed E-state index contributed by atoms with van der Waals surface area (Å²) in [5.41, 5.74) is 1.26. The van der Waals surface area contributed by atoms with Gasteiger partial charge in [0.25, 0.3) is 0 Å². The average molecular weight is 334 g/mol. The van der Waals surface area contributed by atoms with E-state index < -0.39 is 5.60 Å². The topological polar surface area (TPSA) is 32.3 Å². The van der Waals surface area contributed by atoms with Gasteiger partial charge in [-0.2, -0.15) is 0 Å². The first-order valence-electron chi connectivity index (χ1n) is 6.76. The zero-order valence-corrected chi connectivity index (χ0v) is 13.4. The molecule has 0 heterocycles. The molecular formula is C17H20BrNO. The van der Waals surface area contributed by atoms with Crippen LogP contribution in [0.2, 0.25) is 0 Å². The molecule has 2 rings (SSSR count). The van der Waals surface area contributed by atoms with Crippen LogP contribution in [0.25, 0.3) is 0 Å². The summed E-state index contributed by atoms with van der Waals surface area (Å²) in [5, 5.41) is 13.9. The molecule has 1 unspecified atom stereocenters. The molecule has 0 aliphatic rings. The highest BCUT2D eigenvalue weighted by Gasteiger charge is 2.23. The van der Waals surface area contributed by atoms with Crippen molar-refractivity contribution in [2.75, 3.05) is 6.54 Å². The smallest absolute Gasteiger partial charge is 0.0992 e. The summed E-state index contributed by atoms with van der Waals surface area (Å²) < 4.78 is 1.07. The van der Waals surface area contributed by atoms with E-state index in [0.29, 0.717) is 6.54 Å². The maximum Gasteiger partial charge on any atom is 0.0992 e. The predicted molar refractivity (Wildman–Crippen MR) is 86.6 cm³/mol. The number of hydrogen-bond acceptors (Lipinski definition) is 2. The Bertz CT molecular complexity index is 537. The van der Waals surface area contributed by atoms with Gasteiger partial charge in [0.2, 0.25) is 0 Å². The van der Waals surface area contributed by atoms with Gasteiger partial charge in [-0.15, -0.1) is 0 Å². The zero-order chi connectivity index (χ0) is 14.6. The molecule has 0 aliphatic carbocycles. The van der Waals surface area contributed by atoms with Crippen molar-refractivity contribution in [3.8, 4) is 0 Å². The summed E-state index contributed by atoms with van der Waals surface area (Å²) in [6, 6.07) is 18.2. The normalized spacial score (nSPS) is 15.6. The number of halogens is 1. The third kappa shape index (κ3) is 3.92. The van der Waals surface area contributed by atoms with Gasteiger partial charge in [-0.1, -0.05) is 58.4 Å². The molecular weight excluding hydrogens is 314 g/mol. The molecule has 0 fully saturated rings. The van der Waals surface area contributed by atoms with Gasteiger partial charge in [0, 0.05) is 17.1 Å². The standard InChI is InChI=1S/C17H20BrNO/c1-13(14-8-10-16(18)11-9-14)19-12-17(2,20)15-6-4-3-5-7-15/h3-11,13,19-20H,12H2,1-2H3/t13-,17?/m0/s1. The van der Waals surface area contributed by atoms with E-state index in [9.17, 15) is 5.11 Å². The van der Waals surface area contributed by atoms with Gasteiger partial charge in [0.05, 0.1) is 5.60 Å². The lowest BCUT2D eigenvalue weighted by Crippen LogP contribution is -2.36. The van der Waals surface area contributed by atoms with Crippen molar-refractivity contribution >= 4 is 15.9 Å². The quantitative estimate of drug-likeness (QED) is 0.866. The fourth-order valence-corrected chi connectivity index (χ4v) is 2.38.